The van der Waals surface area contributed by atoms with E-state index in [0.717, 1.165) is 33.4 Å². The minimum absolute atomic E-state index is 0.195. The van der Waals surface area contributed by atoms with Gasteiger partial charge in [-0.05, 0) is 36.1 Å². The number of thiophene rings is 1. The molecule has 132 valence electrons. The van der Waals surface area contributed by atoms with E-state index in [0.29, 0.717) is 11.6 Å². The summed E-state index contributed by atoms with van der Waals surface area (Å²) in [7, 11) is 3.12. The van der Waals surface area contributed by atoms with Crippen LogP contribution >= 0.6 is 11.3 Å². The van der Waals surface area contributed by atoms with Crippen LogP contribution in [0.1, 0.15) is 5.56 Å². The Bertz CT molecular complexity index is 1090. The van der Waals surface area contributed by atoms with Gasteiger partial charge in [-0.3, -0.25) is 4.57 Å². The Morgan fingerprint density at radius 2 is 2.04 bits per heavy atom. The molecule has 0 aliphatic carbocycles. The first kappa shape index (κ1) is 16.4. The van der Waals surface area contributed by atoms with E-state index in [-0.39, 0.29) is 5.88 Å². The van der Waals surface area contributed by atoms with Crippen LogP contribution in [0.15, 0.2) is 41.4 Å². The van der Waals surface area contributed by atoms with Gasteiger partial charge in [0.05, 0.1) is 36.5 Å². The van der Waals surface area contributed by atoms with Gasteiger partial charge >= 0.3 is 0 Å². The molecule has 1 N–H and O–H groups in total. The summed E-state index contributed by atoms with van der Waals surface area (Å²) in [5, 5.41) is 15.3. The molecule has 4 aromatic heterocycles. The lowest BCUT2D eigenvalue weighted by Gasteiger charge is -2.09. The number of hydrogen-bond acceptors (Lipinski definition) is 6. The van der Waals surface area contributed by atoms with Crippen LogP contribution < -0.4 is 9.47 Å². The fraction of sp³-hybridized carbons (Fsp3) is 0.158. The zero-order valence-corrected chi connectivity index (χ0v) is 15.4. The number of ether oxygens (including phenoxy) is 2. The van der Waals surface area contributed by atoms with Gasteiger partial charge in [-0.1, -0.05) is 0 Å². The average molecular weight is 367 g/mol. The summed E-state index contributed by atoms with van der Waals surface area (Å²) in [5.41, 5.74) is 4.14. The lowest BCUT2D eigenvalue weighted by atomic mass is 10.1. The first-order chi connectivity index (χ1) is 12.6. The molecular weight excluding hydrogens is 350 g/mol. The maximum absolute atomic E-state index is 10.6. The van der Waals surface area contributed by atoms with Crippen molar-refractivity contribution in [2.45, 2.75) is 6.92 Å². The van der Waals surface area contributed by atoms with Gasteiger partial charge in [0.25, 0.3) is 5.88 Å². The van der Waals surface area contributed by atoms with Gasteiger partial charge in [-0.2, -0.15) is 11.3 Å². The van der Waals surface area contributed by atoms with Gasteiger partial charge in [0, 0.05) is 23.3 Å². The van der Waals surface area contributed by atoms with Gasteiger partial charge < -0.3 is 14.6 Å². The van der Waals surface area contributed by atoms with Gasteiger partial charge in [0.15, 0.2) is 5.75 Å². The Morgan fingerprint density at radius 1 is 1.19 bits per heavy atom. The van der Waals surface area contributed by atoms with E-state index in [9.17, 15) is 5.11 Å². The van der Waals surface area contributed by atoms with Crippen LogP contribution in [-0.2, 0) is 0 Å². The molecule has 0 bridgehead atoms. The van der Waals surface area contributed by atoms with Crippen molar-refractivity contribution in [2.24, 2.45) is 0 Å². The Hall–Kier alpha value is -3.06. The van der Waals surface area contributed by atoms with E-state index in [1.165, 1.54) is 0 Å². The second-order valence-electron chi connectivity index (χ2n) is 5.82. The van der Waals surface area contributed by atoms with E-state index >= 15 is 0 Å². The zero-order valence-electron chi connectivity index (χ0n) is 14.6. The fourth-order valence-corrected chi connectivity index (χ4v) is 3.62. The standard InChI is InChI=1S/C19H17N3O3S/c1-11-6-14(12-7-16(24-2)18(25-3)20-8-12)21-15-9-22(19(23)17(11)15)13-4-5-26-10-13/h4-10,23H,1-3H3. The molecule has 4 aromatic rings. The third kappa shape index (κ3) is 2.57. The molecule has 0 saturated heterocycles. The van der Waals surface area contributed by atoms with Crippen molar-refractivity contribution < 1.29 is 14.6 Å². The summed E-state index contributed by atoms with van der Waals surface area (Å²) in [6, 6.07) is 5.73. The number of aryl methyl sites for hydroxylation is 1. The number of pyridine rings is 2. The number of rotatable bonds is 4. The highest BCUT2D eigenvalue weighted by Crippen LogP contribution is 2.35. The highest BCUT2D eigenvalue weighted by Gasteiger charge is 2.16. The summed E-state index contributed by atoms with van der Waals surface area (Å²) in [4.78, 5) is 8.99. The SMILES string of the molecule is COc1cc(-c2cc(C)c3c(O)n(-c4ccsc4)cc3n2)cnc1OC. The minimum Gasteiger partial charge on any atom is -0.494 e. The van der Waals surface area contributed by atoms with Crippen LogP contribution in [0.5, 0.6) is 17.5 Å². The van der Waals surface area contributed by atoms with Crippen molar-refractivity contribution in [2.75, 3.05) is 14.2 Å². The van der Waals surface area contributed by atoms with Crippen molar-refractivity contribution in [3.63, 3.8) is 0 Å². The summed E-state index contributed by atoms with van der Waals surface area (Å²) >= 11 is 1.58. The molecule has 0 aliphatic heterocycles. The van der Waals surface area contributed by atoms with Crippen LogP contribution in [0, 0.1) is 6.92 Å². The Labute approximate surface area is 154 Å². The van der Waals surface area contributed by atoms with Crippen LogP contribution in [0.3, 0.4) is 0 Å². The largest absolute Gasteiger partial charge is 0.494 e. The molecule has 4 rings (SSSR count). The van der Waals surface area contributed by atoms with Crippen LogP contribution in [0.4, 0.5) is 0 Å². The average Bonchev–Trinajstić information content (AvgIpc) is 3.29. The summed E-state index contributed by atoms with van der Waals surface area (Å²) in [5.74, 6) is 1.17. The van der Waals surface area contributed by atoms with E-state index in [1.54, 1.807) is 36.3 Å². The van der Waals surface area contributed by atoms with Crippen molar-refractivity contribution in [1.82, 2.24) is 14.5 Å². The maximum Gasteiger partial charge on any atom is 0.256 e. The first-order valence-corrected chi connectivity index (χ1v) is 8.89. The highest BCUT2D eigenvalue weighted by molar-refractivity contribution is 7.08. The topological polar surface area (TPSA) is 69.4 Å². The van der Waals surface area contributed by atoms with Crippen LogP contribution in [0.2, 0.25) is 0 Å². The van der Waals surface area contributed by atoms with Crippen molar-refractivity contribution in [1.29, 1.82) is 0 Å². The predicted octanol–water partition coefficient (Wildman–Crippen LogP) is 4.18. The molecule has 0 saturated carbocycles. The van der Waals surface area contributed by atoms with Gasteiger partial charge in [-0.25, -0.2) is 9.97 Å². The summed E-state index contributed by atoms with van der Waals surface area (Å²) in [6.45, 7) is 1.96. The molecule has 0 atom stereocenters. The number of nitrogens with zero attached hydrogens (tertiary/aromatic N) is 3. The molecule has 0 aliphatic rings. The van der Waals surface area contributed by atoms with E-state index in [4.69, 9.17) is 14.5 Å². The van der Waals surface area contributed by atoms with Crippen LogP contribution in [-0.4, -0.2) is 33.9 Å². The monoisotopic (exact) mass is 367 g/mol. The lowest BCUT2D eigenvalue weighted by Crippen LogP contribution is -1.95. The second kappa shape index (κ2) is 6.34. The normalized spacial score (nSPS) is 11.0. The summed E-state index contributed by atoms with van der Waals surface area (Å²) in [6.07, 6.45) is 3.54. The highest BCUT2D eigenvalue weighted by atomic mass is 32.1. The molecule has 7 heteroatoms. The Balaban J connectivity index is 1.88. The number of fused-ring (bicyclic) bond motifs is 1. The zero-order chi connectivity index (χ0) is 18.3. The molecule has 6 nitrogen and oxygen atoms in total. The van der Waals surface area contributed by atoms with Gasteiger partial charge in [0.2, 0.25) is 5.88 Å². The minimum atomic E-state index is 0.195. The smallest absolute Gasteiger partial charge is 0.256 e. The number of aromatic nitrogens is 3. The third-order valence-electron chi connectivity index (χ3n) is 4.26. The molecule has 4 heterocycles. The molecule has 0 spiro atoms. The first-order valence-electron chi connectivity index (χ1n) is 7.95. The van der Waals surface area contributed by atoms with Gasteiger partial charge in [0.1, 0.15) is 0 Å². The molecule has 0 unspecified atom stereocenters. The molecule has 0 amide bonds. The quantitative estimate of drug-likeness (QED) is 0.586. The number of aromatic hydroxyl groups is 1. The van der Waals surface area contributed by atoms with E-state index < -0.39 is 0 Å². The lowest BCUT2D eigenvalue weighted by molar-refractivity contribution is 0.343. The maximum atomic E-state index is 10.6. The second-order valence-corrected chi connectivity index (χ2v) is 6.60. The van der Waals surface area contributed by atoms with E-state index in [1.807, 2.05) is 42.1 Å². The number of hydrogen-bond donors (Lipinski definition) is 1. The van der Waals surface area contributed by atoms with Crippen molar-refractivity contribution in [3.05, 3.63) is 46.9 Å². The van der Waals surface area contributed by atoms with Crippen LogP contribution in [0.25, 0.3) is 27.8 Å². The predicted molar refractivity (Wildman–Crippen MR) is 102 cm³/mol. The number of methoxy groups -OCH3 is 2. The summed E-state index contributed by atoms with van der Waals surface area (Å²) < 4.78 is 12.3. The van der Waals surface area contributed by atoms with Crippen molar-refractivity contribution >= 4 is 22.2 Å². The fourth-order valence-electron chi connectivity index (χ4n) is 3.00. The molecule has 0 radical (unpaired) electrons. The molecule has 26 heavy (non-hydrogen) atoms. The van der Waals surface area contributed by atoms with Crippen molar-refractivity contribution in [3.8, 4) is 34.5 Å². The molecular formula is C19H17N3O3S. The van der Waals surface area contributed by atoms with Gasteiger partial charge in [-0.15, -0.1) is 0 Å². The Kier molecular flexibility index (Phi) is 4.00. The molecule has 0 fully saturated rings. The third-order valence-corrected chi connectivity index (χ3v) is 4.93. The molecule has 0 aromatic carbocycles. The Morgan fingerprint density at radius 3 is 2.73 bits per heavy atom. The van der Waals surface area contributed by atoms with E-state index in [2.05, 4.69) is 4.98 Å².